The van der Waals surface area contributed by atoms with E-state index in [1.807, 2.05) is 12.1 Å². The Morgan fingerprint density at radius 2 is 2.21 bits per heavy atom. The number of benzene rings is 1. The molecule has 2 amide bonds. The number of fused-ring (bicyclic) bond motifs is 1. The predicted octanol–water partition coefficient (Wildman–Crippen LogP) is 1.96. The number of aromatic nitrogens is 1. The summed E-state index contributed by atoms with van der Waals surface area (Å²) in [6.07, 6.45) is 3.32. The molecule has 0 aliphatic carbocycles. The van der Waals surface area contributed by atoms with E-state index >= 15 is 0 Å². The van der Waals surface area contributed by atoms with Crippen LogP contribution in [0, 0.1) is 0 Å². The Kier molecular flexibility index (Phi) is 3.76. The van der Waals surface area contributed by atoms with Crippen LogP contribution in [-0.4, -0.2) is 42.5 Å². The number of amides is 2. The Balaban J connectivity index is 0.00000182. The van der Waals surface area contributed by atoms with E-state index < -0.39 is 6.04 Å². The molecule has 0 saturated carbocycles. The van der Waals surface area contributed by atoms with Crippen molar-refractivity contribution in [2.24, 2.45) is 0 Å². The van der Waals surface area contributed by atoms with Gasteiger partial charge in [0.2, 0.25) is 5.91 Å². The highest BCUT2D eigenvalue weighted by Gasteiger charge is 2.26. The number of nitrogens with zero attached hydrogens (tertiary/aromatic N) is 2. The molecule has 2 aromatic rings. The summed E-state index contributed by atoms with van der Waals surface area (Å²) in [5, 5.41) is 6.92. The van der Waals surface area contributed by atoms with Crippen molar-refractivity contribution in [2.75, 3.05) is 24.5 Å². The first-order valence-corrected chi connectivity index (χ1v) is 8.42. The van der Waals surface area contributed by atoms with Gasteiger partial charge in [-0.1, -0.05) is 11.6 Å². The van der Waals surface area contributed by atoms with Crippen molar-refractivity contribution >= 4 is 40.0 Å². The number of hydrogen-bond donors (Lipinski definition) is 2. The maximum atomic E-state index is 12.3. The molecule has 3 heterocycles. The van der Waals surface area contributed by atoms with Crippen molar-refractivity contribution in [3.8, 4) is 0 Å². The average molecular weight is 347 g/mol. The van der Waals surface area contributed by atoms with Crippen molar-refractivity contribution in [2.45, 2.75) is 18.9 Å². The molecule has 2 aliphatic heterocycles. The molecular formula is C17H19ClN4O2. The van der Waals surface area contributed by atoms with E-state index in [0.29, 0.717) is 23.6 Å². The number of hydrogen-bond acceptors (Lipinski definition) is 4. The Morgan fingerprint density at radius 1 is 1.38 bits per heavy atom. The minimum absolute atomic E-state index is 0. The van der Waals surface area contributed by atoms with E-state index in [9.17, 15) is 9.59 Å². The second kappa shape index (κ2) is 5.94. The molecule has 0 spiro atoms. The number of rotatable bonds is 3. The zero-order valence-electron chi connectivity index (χ0n) is 13.0. The van der Waals surface area contributed by atoms with Crippen molar-refractivity contribution in [1.29, 1.82) is 0 Å². The van der Waals surface area contributed by atoms with Gasteiger partial charge in [-0.05, 0) is 31.0 Å². The molecule has 126 valence electrons. The van der Waals surface area contributed by atoms with Crippen molar-refractivity contribution < 1.29 is 11.0 Å². The third kappa shape index (κ3) is 2.67. The molecule has 2 N–H and O–H groups in total. The maximum Gasteiger partial charge on any atom is 0.253 e. The monoisotopic (exact) mass is 346 g/mol. The van der Waals surface area contributed by atoms with Crippen LogP contribution in [0.15, 0.2) is 24.4 Å². The molecule has 0 bridgehead atoms. The van der Waals surface area contributed by atoms with Crippen LogP contribution in [0.3, 0.4) is 0 Å². The first-order valence-electron chi connectivity index (χ1n) is 8.04. The maximum absolute atomic E-state index is 12.3. The lowest BCUT2D eigenvalue weighted by Gasteiger charge is -2.34. The molecule has 2 saturated heterocycles. The van der Waals surface area contributed by atoms with E-state index in [2.05, 4.69) is 20.5 Å². The highest BCUT2D eigenvalue weighted by Crippen LogP contribution is 2.33. The summed E-state index contributed by atoms with van der Waals surface area (Å²) in [5.41, 5.74) is 2.22. The van der Waals surface area contributed by atoms with Crippen LogP contribution in [0.25, 0.3) is 10.9 Å². The molecule has 6 nitrogen and oxygen atoms in total. The van der Waals surface area contributed by atoms with Gasteiger partial charge in [0, 0.05) is 32.6 Å². The fraction of sp³-hybridized carbons (Fsp3) is 0.353. The SMILES string of the molecule is O=C(N[C@H]1CCNC1=O)c1cnc2cc(N3CCC3)c(Cl)cc2c1.[HH]. The van der Waals surface area contributed by atoms with Crippen LogP contribution in [-0.2, 0) is 4.79 Å². The summed E-state index contributed by atoms with van der Waals surface area (Å²) in [5.74, 6) is -0.436. The van der Waals surface area contributed by atoms with Gasteiger partial charge in [0.05, 0.1) is 21.8 Å². The third-order valence-electron chi connectivity index (χ3n) is 4.56. The summed E-state index contributed by atoms with van der Waals surface area (Å²) in [7, 11) is 0. The Bertz CT molecular complexity index is 841. The quantitative estimate of drug-likeness (QED) is 0.891. The van der Waals surface area contributed by atoms with E-state index in [1.54, 1.807) is 6.07 Å². The van der Waals surface area contributed by atoms with Crippen LogP contribution >= 0.6 is 11.6 Å². The number of carbonyl (C=O) groups excluding carboxylic acids is 2. The van der Waals surface area contributed by atoms with Crippen molar-refractivity contribution in [3.63, 3.8) is 0 Å². The van der Waals surface area contributed by atoms with Crippen LogP contribution in [0.1, 0.15) is 24.6 Å². The Labute approximate surface area is 145 Å². The second-order valence-corrected chi connectivity index (χ2v) is 6.57. The van der Waals surface area contributed by atoms with Gasteiger partial charge in [-0.25, -0.2) is 0 Å². The van der Waals surface area contributed by atoms with E-state index in [1.165, 1.54) is 12.6 Å². The first kappa shape index (κ1) is 15.2. The number of anilines is 1. The molecule has 1 aromatic heterocycles. The molecule has 7 heteroatoms. The van der Waals surface area contributed by atoms with Gasteiger partial charge in [-0.15, -0.1) is 0 Å². The third-order valence-corrected chi connectivity index (χ3v) is 4.87. The van der Waals surface area contributed by atoms with Crippen LogP contribution in [0.5, 0.6) is 0 Å². The molecule has 2 fully saturated rings. The van der Waals surface area contributed by atoms with E-state index in [-0.39, 0.29) is 13.2 Å². The lowest BCUT2D eigenvalue weighted by molar-refractivity contribution is -0.120. The molecule has 0 unspecified atom stereocenters. The van der Waals surface area contributed by atoms with Crippen molar-refractivity contribution in [3.05, 3.63) is 35.0 Å². The average Bonchev–Trinajstić information content (AvgIpc) is 2.91. The van der Waals surface area contributed by atoms with Gasteiger partial charge < -0.3 is 15.5 Å². The predicted molar refractivity (Wildman–Crippen MR) is 94.6 cm³/mol. The lowest BCUT2D eigenvalue weighted by atomic mass is 10.1. The first-order chi connectivity index (χ1) is 11.6. The van der Waals surface area contributed by atoms with E-state index in [4.69, 9.17) is 11.6 Å². The summed E-state index contributed by atoms with van der Waals surface area (Å²) >= 11 is 6.38. The fourth-order valence-electron chi connectivity index (χ4n) is 3.03. The normalized spacial score (nSPS) is 20.0. The zero-order valence-corrected chi connectivity index (χ0v) is 13.8. The molecule has 2 aliphatic rings. The van der Waals surface area contributed by atoms with Gasteiger partial charge in [0.1, 0.15) is 6.04 Å². The van der Waals surface area contributed by atoms with E-state index in [0.717, 1.165) is 29.7 Å². The number of carbonyl (C=O) groups is 2. The largest absolute Gasteiger partial charge is 0.370 e. The van der Waals surface area contributed by atoms with Gasteiger partial charge >= 0.3 is 0 Å². The zero-order chi connectivity index (χ0) is 16.7. The molecule has 1 atom stereocenters. The van der Waals surface area contributed by atoms with Crippen LogP contribution in [0.4, 0.5) is 5.69 Å². The molecule has 24 heavy (non-hydrogen) atoms. The summed E-state index contributed by atoms with van der Waals surface area (Å²) < 4.78 is 0. The smallest absolute Gasteiger partial charge is 0.253 e. The minimum atomic E-state index is -0.467. The lowest BCUT2D eigenvalue weighted by Crippen LogP contribution is -2.40. The standard InChI is InChI=1S/C17H17ClN4O2.H2/c18-12-7-10-6-11(16(23)21-13-2-3-19-17(13)24)9-20-14(10)8-15(12)22-4-1-5-22;/h6-9,13H,1-5H2,(H,19,24)(H,21,23);1H/t13-;/m0./s1. The number of pyridine rings is 1. The second-order valence-electron chi connectivity index (χ2n) is 6.17. The Hall–Kier alpha value is -2.34. The summed E-state index contributed by atoms with van der Waals surface area (Å²) in [6, 6.07) is 5.10. The van der Waals surface area contributed by atoms with Crippen LogP contribution < -0.4 is 15.5 Å². The highest BCUT2D eigenvalue weighted by atomic mass is 35.5. The molecule has 1 aromatic carbocycles. The number of halogens is 1. The van der Waals surface area contributed by atoms with Gasteiger partial charge in [0.25, 0.3) is 5.91 Å². The minimum Gasteiger partial charge on any atom is -0.370 e. The Morgan fingerprint density at radius 3 is 2.88 bits per heavy atom. The van der Waals surface area contributed by atoms with Gasteiger partial charge in [-0.2, -0.15) is 0 Å². The summed E-state index contributed by atoms with van der Waals surface area (Å²) in [6.45, 7) is 2.61. The number of nitrogens with one attached hydrogen (secondary N) is 2. The fourth-order valence-corrected chi connectivity index (χ4v) is 3.33. The van der Waals surface area contributed by atoms with Gasteiger partial charge in [-0.3, -0.25) is 14.6 Å². The topological polar surface area (TPSA) is 74.3 Å². The van der Waals surface area contributed by atoms with Crippen LogP contribution in [0.2, 0.25) is 5.02 Å². The highest BCUT2D eigenvalue weighted by molar-refractivity contribution is 6.34. The van der Waals surface area contributed by atoms with Gasteiger partial charge in [0.15, 0.2) is 0 Å². The van der Waals surface area contributed by atoms with Crippen molar-refractivity contribution in [1.82, 2.24) is 15.6 Å². The summed E-state index contributed by atoms with van der Waals surface area (Å²) in [4.78, 5) is 30.5. The molecule has 4 rings (SSSR count). The molecular weight excluding hydrogens is 328 g/mol. The molecule has 0 radical (unpaired) electrons.